The molecule has 48 valence electrons. The van der Waals surface area contributed by atoms with Crippen molar-refractivity contribution < 1.29 is 4.79 Å². The molecule has 0 aliphatic heterocycles. The number of amides is 1. The quantitative estimate of drug-likeness (QED) is 0.676. The van der Waals surface area contributed by atoms with Gasteiger partial charge in [0.25, 0.3) is 5.91 Å². The van der Waals surface area contributed by atoms with Crippen LogP contribution in [0, 0.1) is 0 Å². The fourth-order valence-electron chi connectivity index (χ4n) is 0.512. The molecule has 0 unspecified atom stereocenters. The predicted molar refractivity (Wildman–Crippen MR) is 37.0 cm³/mol. The number of hydrogen-bond donors (Lipinski definition) is 2. The van der Waals surface area contributed by atoms with E-state index in [1.165, 1.54) is 0 Å². The molecule has 0 aliphatic carbocycles. The lowest BCUT2D eigenvalue weighted by Gasteiger charge is -1.84. The minimum Gasteiger partial charge on any atom is -0.364 e. The molecule has 4 heteroatoms. The van der Waals surface area contributed by atoms with Crippen LogP contribution in [0.25, 0.3) is 0 Å². The highest BCUT2D eigenvalue weighted by molar-refractivity contribution is 9.10. The first-order valence-corrected chi connectivity index (χ1v) is 3.14. The Bertz CT molecular complexity index is 231. The molecule has 0 saturated carbocycles. The molecular weight excluding hydrogens is 184 g/mol. The van der Waals surface area contributed by atoms with Crippen molar-refractivity contribution in [3.05, 3.63) is 22.4 Å². The normalized spacial score (nSPS) is 9.44. The van der Waals surface area contributed by atoms with E-state index in [2.05, 4.69) is 20.9 Å². The standard InChI is InChI=1S/C5H5BrN2O/c6-4-2-1-3(8-4)5(7)9/h1-2,8H,(H2,7,9). The number of nitrogens with two attached hydrogens (primary N) is 1. The first-order chi connectivity index (χ1) is 4.20. The highest BCUT2D eigenvalue weighted by atomic mass is 79.9. The summed E-state index contributed by atoms with van der Waals surface area (Å²) in [6, 6.07) is 3.34. The monoisotopic (exact) mass is 188 g/mol. The summed E-state index contributed by atoms with van der Waals surface area (Å²) in [5.41, 5.74) is 5.35. The van der Waals surface area contributed by atoms with Crippen molar-refractivity contribution in [2.45, 2.75) is 0 Å². The van der Waals surface area contributed by atoms with Gasteiger partial charge in [0.15, 0.2) is 0 Å². The van der Waals surface area contributed by atoms with Gasteiger partial charge in [0.2, 0.25) is 0 Å². The second-order valence-corrected chi connectivity index (χ2v) is 2.44. The Morgan fingerprint density at radius 3 is 2.56 bits per heavy atom. The van der Waals surface area contributed by atoms with Gasteiger partial charge in [-0.1, -0.05) is 0 Å². The molecule has 0 radical (unpaired) electrons. The van der Waals surface area contributed by atoms with Crippen LogP contribution in [0.3, 0.4) is 0 Å². The van der Waals surface area contributed by atoms with Gasteiger partial charge < -0.3 is 10.7 Å². The van der Waals surface area contributed by atoms with Gasteiger partial charge in [-0.2, -0.15) is 0 Å². The van der Waals surface area contributed by atoms with Crippen molar-refractivity contribution in [2.24, 2.45) is 5.73 Å². The number of halogens is 1. The van der Waals surface area contributed by atoms with Gasteiger partial charge >= 0.3 is 0 Å². The fraction of sp³-hybridized carbons (Fsp3) is 0. The Kier molecular flexibility index (Phi) is 1.57. The van der Waals surface area contributed by atoms with E-state index in [1.54, 1.807) is 12.1 Å². The van der Waals surface area contributed by atoms with Gasteiger partial charge in [0, 0.05) is 0 Å². The van der Waals surface area contributed by atoms with Crippen LogP contribution in [-0.2, 0) is 0 Å². The van der Waals surface area contributed by atoms with Crippen molar-refractivity contribution in [1.82, 2.24) is 4.98 Å². The summed E-state index contributed by atoms with van der Waals surface area (Å²) in [6.07, 6.45) is 0. The largest absolute Gasteiger partial charge is 0.364 e. The highest BCUT2D eigenvalue weighted by Gasteiger charge is 1.99. The molecule has 0 aliphatic rings. The van der Waals surface area contributed by atoms with Crippen molar-refractivity contribution in [3.8, 4) is 0 Å². The van der Waals surface area contributed by atoms with Gasteiger partial charge in [-0.3, -0.25) is 4.79 Å². The number of carbonyl (C=O) groups excluding carboxylic acids is 1. The Morgan fingerprint density at radius 2 is 2.33 bits per heavy atom. The lowest BCUT2D eigenvalue weighted by molar-refractivity contribution is 0.0996. The highest BCUT2D eigenvalue weighted by Crippen LogP contribution is 2.07. The van der Waals surface area contributed by atoms with E-state index >= 15 is 0 Å². The molecular formula is C5H5BrN2O. The van der Waals surface area contributed by atoms with E-state index in [0.717, 1.165) is 4.60 Å². The summed E-state index contributed by atoms with van der Waals surface area (Å²) in [5.74, 6) is -0.444. The smallest absolute Gasteiger partial charge is 0.265 e. The number of primary amides is 1. The lowest BCUT2D eigenvalue weighted by atomic mass is 10.4. The maximum Gasteiger partial charge on any atom is 0.265 e. The summed E-state index contributed by atoms with van der Waals surface area (Å²) in [7, 11) is 0. The van der Waals surface area contributed by atoms with E-state index in [-0.39, 0.29) is 0 Å². The molecule has 0 fully saturated rings. The van der Waals surface area contributed by atoms with Gasteiger partial charge in [-0.05, 0) is 28.1 Å². The van der Waals surface area contributed by atoms with Crippen LogP contribution in [0.4, 0.5) is 0 Å². The minimum atomic E-state index is -0.444. The van der Waals surface area contributed by atoms with E-state index in [0.29, 0.717) is 5.69 Å². The number of carbonyl (C=O) groups is 1. The average Bonchev–Trinajstić information content (AvgIpc) is 2.14. The molecule has 3 N–H and O–H groups in total. The Hall–Kier alpha value is -0.770. The van der Waals surface area contributed by atoms with Gasteiger partial charge in [-0.15, -0.1) is 0 Å². The number of H-pyrrole nitrogens is 1. The molecule has 9 heavy (non-hydrogen) atoms. The molecule has 0 saturated heterocycles. The second kappa shape index (κ2) is 2.23. The van der Waals surface area contributed by atoms with Gasteiger partial charge in [0.05, 0.1) is 4.60 Å². The third-order valence-corrected chi connectivity index (χ3v) is 1.38. The van der Waals surface area contributed by atoms with E-state index < -0.39 is 5.91 Å². The third kappa shape index (κ3) is 1.32. The fourth-order valence-corrected chi connectivity index (χ4v) is 0.858. The molecule has 0 atom stereocenters. The third-order valence-electron chi connectivity index (χ3n) is 0.916. The van der Waals surface area contributed by atoms with Crippen LogP contribution in [0.1, 0.15) is 10.5 Å². The summed E-state index contributed by atoms with van der Waals surface area (Å²) in [6.45, 7) is 0. The maximum absolute atomic E-state index is 10.4. The Balaban J connectivity index is 2.98. The minimum absolute atomic E-state index is 0.418. The molecule has 3 nitrogen and oxygen atoms in total. The molecule has 0 bridgehead atoms. The molecule has 0 aromatic carbocycles. The van der Waals surface area contributed by atoms with Crippen LogP contribution < -0.4 is 5.73 Å². The van der Waals surface area contributed by atoms with Gasteiger partial charge in [-0.25, -0.2) is 0 Å². The van der Waals surface area contributed by atoms with Crippen LogP contribution in [0.15, 0.2) is 16.7 Å². The molecule has 1 aromatic rings. The zero-order valence-corrected chi connectivity index (χ0v) is 6.10. The number of rotatable bonds is 1. The zero-order chi connectivity index (χ0) is 6.85. The summed E-state index contributed by atoms with van der Waals surface area (Å²) < 4.78 is 0.760. The van der Waals surface area contributed by atoms with Crippen molar-refractivity contribution in [3.63, 3.8) is 0 Å². The molecule has 1 aromatic heterocycles. The number of nitrogens with one attached hydrogen (secondary N) is 1. The maximum atomic E-state index is 10.4. The topological polar surface area (TPSA) is 58.9 Å². The molecule has 0 spiro atoms. The van der Waals surface area contributed by atoms with Gasteiger partial charge in [0.1, 0.15) is 5.69 Å². The van der Waals surface area contributed by atoms with E-state index in [9.17, 15) is 4.79 Å². The SMILES string of the molecule is NC(=O)c1ccc(Br)[nH]1. The zero-order valence-electron chi connectivity index (χ0n) is 4.52. The van der Waals surface area contributed by atoms with Crippen molar-refractivity contribution in [2.75, 3.05) is 0 Å². The Labute approximate surface area is 60.4 Å². The second-order valence-electron chi connectivity index (χ2n) is 1.58. The number of aromatic nitrogens is 1. The summed E-state index contributed by atoms with van der Waals surface area (Å²) in [5, 5.41) is 0. The first kappa shape index (κ1) is 6.35. The van der Waals surface area contributed by atoms with E-state index in [4.69, 9.17) is 5.73 Å². The Morgan fingerprint density at radius 1 is 1.67 bits per heavy atom. The van der Waals surface area contributed by atoms with Crippen molar-refractivity contribution >= 4 is 21.8 Å². The molecule has 1 amide bonds. The van der Waals surface area contributed by atoms with Crippen LogP contribution in [0.5, 0.6) is 0 Å². The number of aromatic amines is 1. The predicted octanol–water partition coefficient (Wildman–Crippen LogP) is 0.876. The molecule has 1 rings (SSSR count). The number of hydrogen-bond acceptors (Lipinski definition) is 1. The molecule has 1 heterocycles. The van der Waals surface area contributed by atoms with Crippen LogP contribution in [-0.4, -0.2) is 10.9 Å². The lowest BCUT2D eigenvalue weighted by Crippen LogP contribution is -2.10. The van der Waals surface area contributed by atoms with Crippen LogP contribution >= 0.6 is 15.9 Å². The first-order valence-electron chi connectivity index (χ1n) is 2.34. The summed E-state index contributed by atoms with van der Waals surface area (Å²) in [4.78, 5) is 13.1. The summed E-state index contributed by atoms with van der Waals surface area (Å²) >= 11 is 3.14. The van der Waals surface area contributed by atoms with Crippen molar-refractivity contribution in [1.29, 1.82) is 0 Å². The van der Waals surface area contributed by atoms with E-state index in [1.807, 2.05) is 0 Å². The van der Waals surface area contributed by atoms with Crippen LogP contribution in [0.2, 0.25) is 0 Å². The average molecular weight is 189 g/mol.